The van der Waals surface area contributed by atoms with Gasteiger partial charge in [-0.3, -0.25) is 4.79 Å². The molecule has 3 unspecified atom stereocenters. The average Bonchev–Trinajstić information content (AvgIpc) is 2.79. The van der Waals surface area contributed by atoms with Gasteiger partial charge >= 0.3 is 0 Å². The maximum absolute atomic E-state index is 11.8. The van der Waals surface area contributed by atoms with Crippen molar-refractivity contribution in [3.8, 4) is 0 Å². The summed E-state index contributed by atoms with van der Waals surface area (Å²) in [5, 5.41) is 4.89. The molecule has 1 amide bonds. The fourth-order valence-electron chi connectivity index (χ4n) is 1.41. The van der Waals surface area contributed by atoms with E-state index >= 15 is 0 Å². The van der Waals surface area contributed by atoms with E-state index in [0.29, 0.717) is 5.92 Å². The molecule has 3 nitrogen and oxygen atoms in total. The zero-order valence-electron chi connectivity index (χ0n) is 10.1. The third kappa shape index (κ3) is 3.32. The van der Waals surface area contributed by atoms with Crippen LogP contribution in [0, 0.1) is 5.92 Å². The Hall–Kier alpha value is -0.870. The molecule has 0 aromatic carbocycles. The SMILES string of the molecule is CCC(C)C(C)NC(=O)C(N)c1cccs1. The summed E-state index contributed by atoms with van der Waals surface area (Å²) in [6.45, 7) is 6.27. The summed E-state index contributed by atoms with van der Waals surface area (Å²) in [5.41, 5.74) is 5.87. The second kappa shape index (κ2) is 6.01. The highest BCUT2D eigenvalue weighted by atomic mass is 32.1. The maximum Gasteiger partial charge on any atom is 0.242 e. The van der Waals surface area contributed by atoms with Gasteiger partial charge in [-0.25, -0.2) is 0 Å². The van der Waals surface area contributed by atoms with Gasteiger partial charge in [0.05, 0.1) is 0 Å². The van der Waals surface area contributed by atoms with E-state index in [-0.39, 0.29) is 11.9 Å². The van der Waals surface area contributed by atoms with E-state index in [1.165, 1.54) is 11.3 Å². The van der Waals surface area contributed by atoms with Crippen LogP contribution in [0.4, 0.5) is 0 Å². The number of hydrogen-bond donors (Lipinski definition) is 2. The first-order chi connectivity index (χ1) is 7.56. The fraction of sp³-hybridized carbons (Fsp3) is 0.583. The minimum Gasteiger partial charge on any atom is -0.352 e. The summed E-state index contributed by atoms with van der Waals surface area (Å²) in [5.74, 6) is 0.384. The lowest BCUT2D eigenvalue weighted by Crippen LogP contribution is -2.41. The highest BCUT2D eigenvalue weighted by Gasteiger charge is 2.20. The molecule has 1 rings (SSSR count). The van der Waals surface area contributed by atoms with Gasteiger partial charge in [0.15, 0.2) is 0 Å². The lowest BCUT2D eigenvalue weighted by atomic mass is 10.0. The number of carbonyl (C=O) groups is 1. The van der Waals surface area contributed by atoms with Gasteiger partial charge in [-0.05, 0) is 24.3 Å². The molecule has 0 radical (unpaired) electrons. The van der Waals surface area contributed by atoms with Gasteiger partial charge in [0.25, 0.3) is 0 Å². The summed E-state index contributed by atoms with van der Waals surface area (Å²) < 4.78 is 0. The number of amides is 1. The number of hydrogen-bond acceptors (Lipinski definition) is 3. The van der Waals surface area contributed by atoms with Crippen LogP contribution in [-0.4, -0.2) is 11.9 Å². The predicted octanol–water partition coefficient (Wildman–Crippen LogP) is 2.30. The Morgan fingerprint density at radius 1 is 1.56 bits per heavy atom. The van der Waals surface area contributed by atoms with Gasteiger partial charge in [0, 0.05) is 10.9 Å². The standard InChI is InChI=1S/C12H20N2OS/c1-4-8(2)9(3)14-12(15)11(13)10-6-5-7-16-10/h5-9,11H,4,13H2,1-3H3,(H,14,15). The van der Waals surface area contributed by atoms with Crippen LogP contribution in [0.5, 0.6) is 0 Å². The summed E-state index contributed by atoms with van der Waals surface area (Å²) >= 11 is 1.51. The molecular formula is C12H20N2OS. The van der Waals surface area contributed by atoms with Crippen LogP contribution < -0.4 is 11.1 Å². The zero-order valence-corrected chi connectivity index (χ0v) is 10.9. The summed E-state index contributed by atoms with van der Waals surface area (Å²) in [6, 6.07) is 3.43. The van der Waals surface area contributed by atoms with Crippen molar-refractivity contribution >= 4 is 17.2 Å². The molecule has 3 atom stereocenters. The Balaban J connectivity index is 2.52. The van der Waals surface area contributed by atoms with Crippen molar-refractivity contribution in [3.05, 3.63) is 22.4 Å². The molecule has 3 N–H and O–H groups in total. The Bertz CT molecular complexity index is 324. The normalized spacial score (nSPS) is 16.5. The monoisotopic (exact) mass is 240 g/mol. The van der Waals surface area contributed by atoms with Gasteiger partial charge in [0.2, 0.25) is 5.91 Å². The average molecular weight is 240 g/mol. The Morgan fingerprint density at radius 2 is 2.25 bits per heavy atom. The zero-order chi connectivity index (χ0) is 12.1. The van der Waals surface area contributed by atoms with Gasteiger partial charge < -0.3 is 11.1 Å². The molecule has 1 aromatic heterocycles. The van der Waals surface area contributed by atoms with Crippen molar-refractivity contribution < 1.29 is 4.79 Å². The summed E-state index contributed by atoms with van der Waals surface area (Å²) in [7, 11) is 0. The predicted molar refractivity (Wildman–Crippen MR) is 68.3 cm³/mol. The molecule has 0 spiro atoms. The molecule has 0 aliphatic rings. The van der Waals surface area contributed by atoms with Crippen molar-refractivity contribution in [2.75, 3.05) is 0 Å². The van der Waals surface area contributed by atoms with Crippen LogP contribution in [0.2, 0.25) is 0 Å². The molecule has 0 bridgehead atoms. The maximum atomic E-state index is 11.8. The first-order valence-corrected chi connectivity index (χ1v) is 6.53. The van der Waals surface area contributed by atoms with E-state index in [9.17, 15) is 4.79 Å². The molecule has 16 heavy (non-hydrogen) atoms. The smallest absolute Gasteiger partial charge is 0.242 e. The van der Waals surface area contributed by atoms with Crippen LogP contribution in [0.25, 0.3) is 0 Å². The van der Waals surface area contributed by atoms with Gasteiger partial charge in [0.1, 0.15) is 6.04 Å². The summed E-state index contributed by atoms with van der Waals surface area (Å²) in [6.07, 6.45) is 1.05. The molecule has 0 aliphatic heterocycles. The number of nitrogens with one attached hydrogen (secondary N) is 1. The third-order valence-corrected chi connectivity index (χ3v) is 3.96. The van der Waals surface area contributed by atoms with Crippen LogP contribution >= 0.6 is 11.3 Å². The van der Waals surface area contributed by atoms with Crippen LogP contribution in [0.3, 0.4) is 0 Å². The van der Waals surface area contributed by atoms with Crippen molar-refractivity contribution in [2.24, 2.45) is 11.7 Å². The lowest BCUT2D eigenvalue weighted by molar-refractivity contribution is -0.123. The molecule has 0 fully saturated rings. The molecule has 4 heteroatoms. The van der Waals surface area contributed by atoms with Gasteiger partial charge in [-0.15, -0.1) is 11.3 Å². The number of rotatable bonds is 5. The Kier molecular flexibility index (Phi) is 4.96. The molecular weight excluding hydrogens is 220 g/mol. The van der Waals surface area contributed by atoms with Crippen LogP contribution in [0.1, 0.15) is 38.1 Å². The quantitative estimate of drug-likeness (QED) is 0.829. The van der Waals surface area contributed by atoms with Crippen molar-refractivity contribution in [1.29, 1.82) is 0 Å². The molecule has 1 aromatic rings. The lowest BCUT2D eigenvalue weighted by Gasteiger charge is -2.21. The Morgan fingerprint density at radius 3 is 2.75 bits per heavy atom. The minimum absolute atomic E-state index is 0.0877. The topological polar surface area (TPSA) is 55.1 Å². The summed E-state index contributed by atoms with van der Waals surface area (Å²) in [4.78, 5) is 12.8. The van der Waals surface area contributed by atoms with E-state index in [1.54, 1.807) is 0 Å². The van der Waals surface area contributed by atoms with E-state index < -0.39 is 6.04 Å². The van der Waals surface area contributed by atoms with Crippen LogP contribution in [0.15, 0.2) is 17.5 Å². The van der Waals surface area contributed by atoms with Gasteiger partial charge in [-0.1, -0.05) is 26.3 Å². The van der Waals surface area contributed by atoms with Crippen molar-refractivity contribution in [3.63, 3.8) is 0 Å². The molecule has 0 saturated carbocycles. The largest absolute Gasteiger partial charge is 0.352 e. The molecule has 90 valence electrons. The molecule has 0 aliphatic carbocycles. The first-order valence-electron chi connectivity index (χ1n) is 5.65. The number of carbonyl (C=O) groups excluding carboxylic acids is 1. The minimum atomic E-state index is -0.536. The highest BCUT2D eigenvalue weighted by molar-refractivity contribution is 7.10. The number of thiophene rings is 1. The number of nitrogens with two attached hydrogens (primary N) is 1. The van der Waals surface area contributed by atoms with E-state index in [4.69, 9.17) is 5.73 Å². The van der Waals surface area contributed by atoms with Gasteiger partial charge in [-0.2, -0.15) is 0 Å². The van der Waals surface area contributed by atoms with E-state index in [2.05, 4.69) is 19.2 Å². The first kappa shape index (κ1) is 13.2. The third-order valence-electron chi connectivity index (χ3n) is 3.00. The van der Waals surface area contributed by atoms with Crippen molar-refractivity contribution in [2.45, 2.75) is 39.3 Å². The van der Waals surface area contributed by atoms with Crippen molar-refractivity contribution in [1.82, 2.24) is 5.32 Å². The molecule has 1 heterocycles. The fourth-order valence-corrected chi connectivity index (χ4v) is 2.13. The second-order valence-corrected chi connectivity index (χ2v) is 5.16. The second-order valence-electron chi connectivity index (χ2n) is 4.18. The molecule has 0 saturated heterocycles. The Labute approximate surface area is 101 Å². The highest BCUT2D eigenvalue weighted by Crippen LogP contribution is 2.17. The van der Waals surface area contributed by atoms with E-state index in [0.717, 1.165) is 11.3 Å². The van der Waals surface area contributed by atoms with E-state index in [1.807, 2.05) is 24.4 Å². The van der Waals surface area contributed by atoms with Crippen LogP contribution in [-0.2, 0) is 4.79 Å².